The minimum atomic E-state index is -1.34. The summed E-state index contributed by atoms with van der Waals surface area (Å²) in [6, 6.07) is 15.8. The molecular formula is C21H26O5. The van der Waals surface area contributed by atoms with E-state index in [-0.39, 0.29) is 13.0 Å². The lowest BCUT2D eigenvalue weighted by Crippen LogP contribution is -2.56. The van der Waals surface area contributed by atoms with Gasteiger partial charge >= 0.3 is 0 Å². The molecule has 4 N–H and O–H groups in total. The van der Waals surface area contributed by atoms with Gasteiger partial charge < -0.3 is 25.2 Å². The van der Waals surface area contributed by atoms with E-state index in [9.17, 15) is 20.4 Å². The summed E-state index contributed by atoms with van der Waals surface area (Å²) in [5.41, 5.74) is 3.33. The fourth-order valence-corrected chi connectivity index (χ4v) is 3.55. The van der Waals surface area contributed by atoms with Crippen LogP contribution in [0.5, 0.6) is 5.75 Å². The Kier molecular flexibility index (Phi) is 5.94. The van der Waals surface area contributed by atoms with Crippen LogP contribution in [0.4, 0.5) is 0 Å². The number of hydrogen-bond acceptors (Lipinski definition) is 5. The Morgan fingerprint density at radius 3 is 2.46 bits per heavy atom. The first kappa shape index (κ1) is 18.9. The highest BCUT2D eigenvalue weighted by molar-refractivity contribution is 5.38. The van der Waals surface area contributed by atoms with E-state index in [1.165, 1.54) is 5.56 Å². The number of hydrogen-bond donors (Lipinski definition) is 4. The van der Waals surface area contributed by atoms with Crippen LogP contribution in [0.1, 0.15) is 23.1 Å². The zero-order valence-electron chi connectivity index (χ0n) is 14.8. The van der Waals surface area contributed by atoms with Crippen LogP contribution in [-0.4, -0.2) is 51.4 Å². The van der Waals surface area contributed by atoms with Crippen molar-refractivity contribution in [2.75, 3.05) is 6.61 Å². The van der Waals surface area contributed by atoms with Crippen LogP contribution in [0.2, 0.25) is 0 Å². The minimum Gasteiger partial charge on any atom is -0.487 e. The first-order chi connectivity index (χ1) is 12.5. The van der Waals surface area contributed by atoms with Crippen LogP contribution in [0.25, 0.3) is 0 Å². The number of rotatable bonds is 5. The molecule has 5 nitrogen and oxygen atoms in total. The highest BCUT2D eigenvalue weighted by Crippen LogP contribution is 2.31. The second-order valence-electron chi connectivity index (χ2n) is 7.08. The Morgan fingerprint density at radius 2 is 1.73 bits per heavy atom. The molecule has 0 radical (unpaired) electrons. The molecule has 1 aliphatic carbocycles. The van der Waals surface area contributed by atoms with Gasteiger partial charge in [0.1, 0.15) is 24.1 Å². The van der Waals surface area contributed by atoms with E-state index in [0.717, 1.165) is 11.1 Å². The summed E-state index contributed by atoms with van der Waals surface area (Å²) in [7, 11) is 0. The number of benzene rings is 2. The number of aliphatic hydroxyl groups excluding tert-OH is 4. The average Bonchev–Trinajstić information content (AvgIpc) is 2.63. The summed E-state index contributed by atoms with van der Waals surface area (Å²) in [6.07, 6.45) is -3.43. The van der Waals surface area contributed by atoms with Crippen LogP contribution in [-0.2, 0) is 6.42 Å². The van der Waals surface area contributed by atoms with Crippen molar-refractivity contribution in [3.63, 3.8) is 0 Å². The lowest BCUT2D eigenvalue weighted by molar-refractivity contribution is -0.157. The van der Waals surface area contributed by atoms with Gasteiger partial charge in [-0.2, -0.15) is 0 Å². The van der Waals surface area contributed by atoms with Gasteiger partial charge in [-0.25, -0.2) is 0 Å². The number of aliphatic hydroxyl groups is 4. The van der Waals surface area contributed by atoms with Gasteiger partial charge in [-0.05, 0) is 30.5 Å². The van der Waals surface area contributed by atoms with Gasteiger partial charge in [0.05, 0.1) is 6.10 Å². The maximum Gasteiger partial charge on any atom is 0.128 e. The first-order valence-corrected chi connectivity index (χ1v) is 8.94. The largest absolute Gasteiger partial charge is 0.487 e. The topological polar surface area (TPSA) is 90.2 Å². The fraction of sp³-hybridized carbons (Fsp3) is 0.429. The van der Waals surface area contributed by atoms with Crippen molar-refractivity contribution < 1.29 is 25.2 Å². The highest BCUT2D eigenvalue weighted by Gasteiger charge is 2.43. The van der Waals surface area contributed by atoms with Crippen molar-refractivity contribution in [1.29, 1.82) is 0 Å². The maximum atomic E-state index is 10.3. The van der Waals surface area contributed by atoms with Crippen molar-refractivity contribution in [2.24, 2.45) is 5.92 Å². The van der Waals surface area contributed by atoms with E-state index >= 15 is 0 Å². The lowest BCUT2D eigenvalue weighted by Gasteiger charge is -2.39. The normalized spacial score (nSPS) is 28.7. The van der Waals surface area contributed by atoms with Gasteiger partial charge in [-0.3, -0.25) is 0 Å². The number of ether oxygens (including phenoxy) is 1. The van der Waals surface area contributed by atoms with Crippen molar-refractivity contribution in [2.45, 2.75) is 44.2 Å². The average molecular weight is 358 g/mol. The molecule has 2 aromatic carbocycles. The molecule has 0 heterocycles. The van der Waals surface area contributed by atoms with Crippen LogP contribution < -0.4 is 4.74 Å². The van der Waals surface area contributed by atoms with Gasteiger partial charge in [0.15, 0.2) is 0 Å². The van der Waals surface area contributed by atoms with E-state index in [1.54, 1.807) is 0 Å². The molecule has 0 bridgehead atoms. The molecule has 5 heteroatoms. The molecule has 26 heavy (non-hydrogen) atoms. The van der Waals surface area contributed by atoms with Crippen molar-refractivity contribution in [1.82, 2.24) is 0 Å². The second kappa shape index (κ2) is 8.18. The van der Waals surface area contributed by atoms with Gasteiger partial charge in [-0.1, -0.05) is 48.0 Å². The predicted octanol–water partition coefficient (Wildman–Crippen LogP) is 1.43. The molecule has 1 aliphatic rings. The molecule has 0 amide bonds. The molecule has 0 unspecified atom stereocenters. The number of para-hydroxylation sites is 1. The highest BCUT2D eigenvalue weighted by atomic mass is 16.5. The van der Waals surface area contributed by atoms with E-state index in [2.05, 4.69) is 12.1 Å². The quantitative estimate of drug-likeness (QED) is 0.649. The van der Waals surface area contributed by atoms with Gasteiger partial charge in [-0.15, -0.1) is 0 Å². The fourth-order valence-electron chi connectivity index (χ4n) is 3.55. The predicted molar refractivity (Wildman–Crippen MR) is 98.1 cm³/mol. The summed E-state index contributed by atoms with van der Waals surface area (Å²) < 4.78 is 6.02. The van der Waals surface area contributed by atoms with E-state index < -0.39 is 30.3 Å². The van der Waals surface area contributed by atoms with Crippen LogP contribution in [0.3, 0.4) is 0 Å². The molecule has 0 spiro atoms. The third-order valence-corrected chi connectivity index (χ3v) is 5.06. The summed E-state index contributed by atoms with van der Waals surface area (Å²) >= 11 is 0. The zero-order chi connectivity index (χ0) is 18.7. The Hall–Kier alpha value is -1.92. The molecule has 5 atom stereocenters. The Balaban J connectivity index is 1.79. The van der Waals surface area contributed by atoms with Gasteiger partial charge in [0, 0.05) is 18.9 Å². The zero-order valence-corrected chi connectivity index (χ0v) is 14.8. The minimum absolute atomic E-state index is 0.268. The first-order valence-electron chi connectivity index (χ1n) is 8.94. The SMILES string of the molecule is Cc1cccc(Cc2ccccc2O[C@@H]2C[C@H](CO)[C@@H](O)[C@H](O)[C@H]2O)c1. The second-order valence-corrected chi connectivity index (χ2v) is 7.08. The van der Waals surface area contributed by atoms with Gasteiger partial charge in [0.25, 0.3) is 0 Å². The molecular weight excluding hydrogens is 332 g/mol. The van der Waals surface area contributed by atoms with Crippen LogP contribution >= 0.6 is 0 Å². The smallest absolute Gasteiger partial charge is 0.128 e. The van der Waals surface area contributed by atoms with E-state index in [4.69, 9.17) is 4.74 Å². The summed E-state index contributed by atoms with van der Waals surface area (Å²) in [4.78, 5) is 0. The number of aryl methyl sites for hydroxylation is 1. The van der Waals surface area contributed by atoms with Crippen LogP contribution in [0.15, 0.2) is 48.5 Å². The van der Waals surface area contributed by atoms with Crippen molar-refractivity contribution in [3.8, 4) is 5.75 Å². The molecule has 140 valence electrons. The standard InChI is InChI=1S/C21H26O5/c1-13-5-4-6-14(9-13)10-15-7-2-3-8-17(15)26-18-11-16(12-22)19(23)21(25)20(18)24/h2-9,16,18-25H,10-12H2,1H3/t16-,18-,19-,20+,21+/m1/s1. The summed E-state index contributed by atoms with van der Waals surface area (Å²) in [5.74, 6) is 0.112. The third-order valence-electron chi connectivity index (χ3n) is 5.06. The monoisotopic (exact) mass is 358 g/mol. The van der Waals surface area contributed by atoms with Gasteiger partial charge in [0.2, 0.25) is 0 Å². The van der Waals surface area contributed by atoms with E-state index in [0.29, 0.717) is 12.2 Å². The Morgan fingerprint density at radius 1 is 0.962 bits per heavy atom. The lowest BCUT2D eigenvalue weighted by atomic mass is 9.81. The van der Waals surface area contributed by atoms with Crippen molar-refractivity contribution in [3.05, 3.63) is 65.2 Å². The molecule has 3 rings (SSSR count). The maximum absolute atomic E-state index is 10.3. The molecule has 2 aromatic rings. The summed E-state index contributed by atoms with van der Waals surface area (Å²) in [6.45, 7) is 1.78. The summed E-state index contributed by atoms with van der Waals surface area (Å²) in [5, 5.41) is 39.7. The Labute approximate surface area is 153 Å². The van der Waals surface area contributed by atoms with E-state index in [1.807, 2.05) is 43.3 Å². The third kappa shape index (κ3) is 4.07. The molecule has 0 aromatic heterocycles. The van der Waals surface area contributed by atoms with Crippen LogP contribution in [0, 0.1) is 12.8 Å². The molecule has 1 fully saturated rings. The molecule has 0 saturated heterocycles. The molecule has 1 saturated carbocycles. The Bertz CT molecular complexity index is 730. The van der Waals surface area contributed by atoms with Crippen molar-refractivity contribution >= 4 is 0 Å². The molecule has 0 aliphatic heterocycles.